The minimum absolute atomic E-state index is 0.284. The first-order valence-corrected chi connectivity index (χ1v) is 6.96. The zero-order chi connectivity index (χ0) is 12.3. The lowest BCUT2D eigenvalue weighted by Gasteiger charge is -2.30. The van der Waals surface area contributed by atoms with Gasteiger partial charge in [0.25, 0.3) is 0 Å². The molecule has 0 amide bonds. The summed E-state index contributed by atoms with van der Waals surface area (Å²) in [7, 11) is 0. The van der Waals surface area contributed by atoms with Crippen LogP contribution in [0.15, 0.2) is 24.3 Å². The van der Waals surface area contributed by atoms with E-state index in [2.05, 4.69) is 31.2 Å². The molecule has 2 rings (SSSR count). The van der Waals surface area contributed by atoms with Crippen LogP contribution in [0.3, 0.4) is 0 Å². The monoisotopic (exact) mass is 247 g/mol. The molecule has 92 valence electrons. The van der Waals surface area contributed by atoms with Crippen molar-refractivity contribution in [2.45, 2.75) is 44.9 Å². The summed E-state index contributed by atoms with van der Waals surface area (Å²) in [6.45, 7) is 2.16. The van der Waals surface area contributed by atoms with Crippen molar-refractivity contribution < 1.29 is 0 Å². The van der Waals surface area contributed by atoms with E-state index >= 15 is 0 Å². The molecule has 1 aromatic carbocycles. The third-order valence-corrected chi connectivity index (χ3v) is 4.21. The first-order chi connectivity index (χ1) is 8.20. The maximum atomic E-state index is 6.00. The molecule has 0 spiro atoms. The molecule has 0 aromatic heterocycles. The fraction of sp³-hybridized carbons (Fsp3) is 0.533. The van der Waals surface area contributed by atoms with Crippen LogP contribution in [0, 0.1) is 12.8 Å². The molecular formula is C15H21NS. The van der Waals surface area contributed by atoms with Crippen LogP contribution in [-0.4, -0.2) is 4.99 Å². The van der Waals surface area contributed by atoms with E-state index in [0.29, 0.717) is 10.9 Å². The van der Waals surface area contributed by atoms with E-state index in [9.17, 15) is 0 Å². The molecule has 2 heteroatoms. The molecule has 0 radical (unpaired) electrons. The third kappa shape index (κ3) is 2.86. The normalized spacial score (nSPS) is 18.9. The molecule has 17 heavy (non-hydrogen) atoms. The summed E-state index contributed by atoms with van der Waals surface area (Å²) in [4.78, 5) is 0.672. The van der Waals surface area contributed by atoms with Crippen LogP contribution in [0.2, 0.25) is 0 Å². The Morgan fingerprint density at radius 1 is 1.24 bits per heavy atom. The molecule has 1 unspecified atom stereocenters. The number of aryl methyl sites for hydroxylation is 1. The molecule has 1 aliphatic rings. The van der Waals surface area contributed by atoms with Crippen molar-refractivity contribution in [1.82, 2.24) is 0 Å². The highest BCUT2D eigenvalue weighted by Crippen LogP contribution is 2.37. The fourth-order valence-corrected chi connectivity index (χ4v) is 3.36. The van der Waals surface area contributed by atoms with E-state index in [1.54, 1.807) is 0 Å². The Balaban J connectivity index is 2.28. The van der Waals surface area contributed by atoms with Crippen LogP contribution in [-0.2, 0) is 0 Å². The minimum atomic E-state index is 0.284. The van der Waals surface area contributed by atoms with Crippen LogP contribution >= 0.6 is 12.2 Å². The van der Waals surface area contributed by atoms with Crippen molar-refractivity contribution in [3.63, 3.8) is 0 Å². The predicted octanol–water partition coefficient (Wildman–Crippen LogP) is 3.95. The molecular weight excluding hydrogens is 226 g/mol. The van der Waals surface area contributed by atoms with Gasteiger partial charge in [0, 0.05) is 5.92 Å². The van der Waals surface area contributed by atoms with Crippen molar-refractivity contribution in [2.75, 3.05) is 0 Å². The average molecular weight is 247 g/mol. The maximum absolute atomic E-state index is 6.00. The molecule has 1 aromatic rings. The summed E-state index contributed by atoms with van der Waals surface area (Å²) >= 11 is 5.32. The van der Waals surface area contributed by atoms with Gasteiger partial charge in [-0.15, -0.1) is 0 Å². The number of rotatable bonds is 3. The Labute approximate surface area is 109 Å². The first-order valence-electron chi connectivity index (χ1n) is 6.55. The lowest BCUT2D eigenvalue weighted by atomic mass is 9.76. The molecule has 0 heterocycles. The number of nitrogens with two attached hydrogens (primary N) is 1. The summed E-state index contributed by atoms with van der Waals surface area (Å²) in [6.07, 6.45) is 6.58. The van der Waals surface area contributed by atoms with Crippen molar-refractivity contribution in [3.8, 4) is 0 Å². The lowest BCUT2D eigenvalue weighted by Crippen LogP contribution is -2.28. The Bertz CT molecular complexity index is 394. The summed E-state index contributed by atoms with van der Waals surface area (Å²) in [5.41, 5.74) is 8.66. The van der Waals surface area contributed by atoms with Crippen molar-refractivity contribution >= 4 is 17.2 Å². The summed E-state index contributed by atoms with van der Waals surface area (Å²) in [5, 5.41) is 0. The van der Waals surface area contributed by atoms with Crippen LogP contribution in [0.25, 0.3) is 0 Å². The Hall–Kier alpha value is -0.890. The minimum Gasteiger partial charge on any atom is -0.393 e. The molecule has 1 atom stereocenters. The van der Waals surface area contributed by atoms with Gasteiger partial charge in [0.2, 0.25) is 0 Å². The second-order valence-electron chi connectivity index (χ2n) is 5.13. The molecule has 0 aliphatic heterocycles. The summed E-state index contributed by atoms with van der Waals surface area (Å²) in [5.74, 6) is 0.939. The van der Waals surface area contributed by atoms with Gasteiger partial charge in [-0.3, -0.25) is 0 Å². The van der Waals surface area contributed by atoms with Crippen LogP contribution in [0.4, 0.5) is 0 Å². The number of benzene rings is 1. The van der Waals surface area contributed by atoms with Gasteiger partial charge in [0.15, 0.2) is 0 Å². The van der Waals surface area contributed by atoms with Gasteiger partial charge in [-0.2, -0.15) is 0 Å². The summed E-state index contributed by atoms with van der Waals surface area (Å²) < 4.78 is 0. The fourth-order valence-electron chi connectivity index (χ4n) is 3.04. The lowest BCUT2D eigenvalue weighted by molar-refractivity contribution is 0.341. The smallest absolute Gasteiger partial charge is 0.0806 e. The van der Waals surface area contributed by atoms with E-state index < -0.39 is 0 Å². The van der Waals surface area contributed by atoms with Gasteiger partial charge in [-0.1, -0.05) is 55.7 Å². The van der Waals surface area contributed by atoms with Gasteiger partial charge < -0.3 is 5.73 Å². The molecule has 0 bridgehead atoms. The molecule has 1 aliphatic carbocycles. The standard InChI is InChI=1S/C15H21NS/c1-11-7-5-6-10-13(11)14(15(16)17)12-8-3-2-4-9-12/h5-7,10,12,14H,2-4,8-9H2,1H3,(H2,16,17). The largest absolute Gasteiger partial charge is 0.393 e. The Kier molecular flexibility index (Phi) is 4.16. The highest BCUT2D eigenvalue weighted by molar-refractivity contribution is 7.80. The Morgan fingerprint density at radius 2 is 1.88 bits per heavy atom. The average Bonchev–Trinajstić information content (AvgIpc) is 2.33. The highest BCUT2D eigenvalue weighted by atomic mass is 32.1. The van der Waals surface area contributed by atoms with Crippen molar-refractivity contribution in [2.24, 2.45) is 11.7 Å². The second-order valence-corrected chi connectivity index (χ2v) is 5.61. The van der Waals surface area contributed by atoms with Crippen molar-refractivity contribution in [1.29, 1.82) is 0 Å². The van der Waals surface area contributed by atoms with Gasteiger partial charge in [0.05, 0.1) is 4.99 Å². The number of hydrogen-bond acceptors (Lipinski definition) is 1. The van der Waals surface area contributed by atoms with E-state index in [1.165, 1.54) is 43.2 Å². The van der Waals surface area contributed by atoms with Gasteiger partial charge >= 0.3 is 0 Å². The van der Waals surface area contributed by atoms with Gasteiger partial charge in [0.1, 0.15) is 0 Å². The van der Waals surface area contributed by atoms with Crippen LogP contribution in [0.1, 0.15) is 49.1 Å². The van der Waals surface area contributed by atoms with E-state index in [-0.39, 0.29) is 5.92 Å². The van der Waals surface area contributed by atoms with E-state index in [0.717, 1.165) is 0 Å². The number of hydrogen-bond donors (Lipinski definition) is 1. The zero-order valence-electron chi connectivity index (χ0n) is 10.5. The molecule has 1 fully saturated rings. The van der Waals surface area contributed by atoms with E-state index in [1.807, 2.05) is 0 Å². The Morgan fingerprint density at radius 3 is 2.47 bits per heavy atom. The number of thiocarbonyl (C=S) groups is 1. The van der Waals surface area contributed by atoms with Crippen molar-refractivity contribution in [3.05, 3.63) is 35.4 Å². The van der Waals surface area contributed by atoms with Gasteiger partial charge in [-0.25, -0.2) is 0 Å². The molecule has 1 nitrogen and oxygen atoms in total. The van der Waals surface area contributed by atoms with Crippen LogP contribution < -0.4 is 5.73 Å². The highest BCUT2D eigenvalue weighted by Gasteiger charge is 2.27. The first kappa shape index (κ1) is 12.6. The molecule has 2 N–H and O–H groups in total. The maximum Gasteiger partial charge on any atom is 0.0806 e. The summed E-state index contributed by atoms with van der Waals surface area (Å²) in [6, 6.07) is 8.52. The van der Waals surface area contributed by atoms with Crippen LogP contribution in [0.5, 0.6) is 0 Å². The molecule has 0 saturated heterocycles. The second kappa shape index (κ2) is 5.63. The zero-order valence-corrected chi connectivity index (χ0v) is 11.3. The quantitative estimate of drug-likeness (QED) is 0.819. The topological polar surface area (TPSA) is 26.0 Å². The third-order valence-electron chi connectivity index (χ3n) is 3.95. The SMILES string of the molecule is Cc1ccccc1C(C(N)=S)C1CCCCC1. The van der Waals surface area contributed by atoms with E-state index in [4.69, 9.17) is 18.0 Å². The van der Waals surface area contributed by atoms with Gasteiger partial charge in [-0.05, 0) is 36.8 Å². The molecule has 1 saturated carbocycles. The predicted molar refractivity (Wildman–Crippen MR) is 77.3 cm³/mol.